The first-order valence-electron chi connectivity index (χ1n) is 11.2. The van der Waals surface area contributed by atoms with Gasteiger partial charge in [-0.25, -0.2) is 9.59 Å². The van der Waals surface area contributed by atoms with Gasteiger partial charge in [-0.05, 0) is 52.1 Å². The van der Waals surface area contributed by atoms with Crippen molar-refractivity contribution in [1.29, 1.82) is 0 Å². The Kier molecular flexibility index (Phi) is 6.35. The first kappa shape index (κ1) is 22.6. The predicted octanol–water partition coefficient (Wildman–Crippen LogP) is 6.82. The van der Waals surface area contributed by atoms with Crippen molar-refractivity contribution in [2.75, 3.05) is 0 Å². The van der Waals surface area contributed by atoms with E-state index in [1.165, 1.54) is 22.7 Å². The van der Waals surface area contributed by atoms with Crippen LogP contribution in [0, 0.1) is 6.92 Å². The number of carbonyl (C=O) groups excluding carboxylic acids is 2. The number of ether oxygens (including phenoxy) is 2. The van der Waals surface area contributed by atoms with Gasteiger partial charge >= 0.3 is 11.9 Å². The molecule has 0 saturated carbocycles. The molecule has 1 aliphatic carbocycles. The Morgan fingerprint density at radius 3 is 1.76 bits per heavy atom. The van der Waals surface area contributed by atoms with Gasteiger partial charge in [-0.1, -0.05) is 67.6 Å². The maximum Gasteiger partial charge on any atom is 0.348 e. The molecule has 4 unspecified atom stereocenters. The highest BCUT2D eigenvalue weighted by Gasteiger charge is 2.47. The monoisotopic (exact) mass is 488 g/mol. The fourth-order valence-electron chi connectivity index (χ4n) is 4.77. The molecule has 2 aromatic heterocycles. The minimum absolute atomic E-state index is 0.151. The second kappa shape index (κ2) is 9.57. The molecule has 0 aliphatic heterocycles. The van der Waals surface area contributed by atoms with Crippen molar-refractivity contribution in [1.82, 2.24) is 0 Å². The van der Waals surface area contributed by atoms with Gasteiger partial charge in [0.25, 0.3) is 0 Å². The highest BCUT2D eigenvalue weighted by molar-refractivity contribution is 7.12. The summed E-state index contributed by atoms with van der Waals surface area (Å²) in [5.74, 6) is -1.21. The van der Waals surface area contributed by atoms with Crippen molar-refractivity contribution in [3.8, 4) is 0 Å². The van der Waals surface area contributed by atoms with Crippen LogP contribution in [0.4, 0.5) is 0 Å². The molecule has 5 rings (SSSR count). The third-order valence-corrected chi connectivity index (χ3v) is 8.12. The Balaban J connectivity index is 1.63. The van der Waals surface area contributed by atoms with E-state index in [9.17, 15) is 9.59 Å². The summed E-state index contributed by atoms with van der Waals surface area (Å²) in [7, 11) is 0. The topological polar surface area (TPSA) is 52.6 Å². The van der Waals surface area contributed by atoms with Gasteiger partial charge in [-0.2, -0.15) is 0 Å². The third-order valence-electron chi connectivity index (χ3n) is 6.42. The van der Waals surface area contributed by atoms with Crippen LogP contribution in [0.5, 0.6) is 0 Å². The maximum atomic E-state index is 13.2. The Morgan fingerprint density at radius 2 is 1.21 bits per heavy atom. The lowest BCUT2D eigenvalue weighted by molar-refractivity contribution is -0.0527. The highest BCUT2D eigenvalue weighted by Crippen LogP contribution is 2.46. The fourth-order valence-corrected chi connectivity index (χ4v) is 5.98. The van der Waals surface area contributed by atoms with Crippen molar-refractivity contribution in [2.45, 2.75) is 37.9 Å². The van der Waals surface area contributed by atoms with Crippen LogP contribution in [0.1, 0.15) is 60.4 Å². The normalized spacial score (nSPS) is 21.5. The highest BCUT2D eigenvalue weighted by atomic mass is 32.1. The summed E-state index contributed by atoms with van der Waals surface area (Å²) in [6.07, 6.45) is -1.32. The molecule has 0 amide bonds. The Morgan fingerprint density at radius 1 is 0.676 bits per heavy atom. The minimum Gasteiger partial charge on any atom is -0.454 e. The molecule has 34 heavy (non-hydrogen) atoms. The van der Waals surface area contributed by atoms with E-state index < -0.39 is 24.1 Å². The Labute approximate surface area is 206 Å². The molecule has 4 aromatic rings. The second-order valence-corrected chi connectivity index (χ2v) is 10.3. The van der Waals surface area contributed by atoms with Crippen LogP contribution in [-0.4, -0.2) is 24.1 Å². The van der Waals surface area contributed by atoms with Crippen molar-refractivity contribution in [3.63, 3.8) is 0 Å². The molecule has 4 nitrogen and oxygen atoms in total. The van der Waals surface area contributed by atoms with Gasteiger partial charge < -0.3 is 9.47 Å². The molecular formula is C28H24O4S2. The molecule has 2 aromatic carbocycles. The predicted molar refractivity (Wildman–Crippen MR) is 135 cm³/mol. The number of rotatable bonds is 5. The molecule has 0 bridgehead atoms. The summed E-state index contributed by atoms with van der Waals surface area (Å²) in [4.78, 5) is 27.3. The largest absolute Gasteiger partial charge is 0.454 e. The van der Waals surface area contributed by atoms with Crippen molar-refractivity contribution < 1.29 is 19.1 Å². The van der Waals surface area contributed by atoms with Crippen LogP contribution >= 0.6 is 22.7 Å². The summed E-state index contributed by atoms with van der Waals surface area (Å²) in [5.41, 5.74) is 4.35. The second-order valence-electron chi connectivity index (χ2n) is 8.45. The van der Waals surface area contributed by atoms with Gasteiger partial charge in [0.1, 0.15) is 15.9 Å². The summed E-state index contributed by atoms with van der Waals surface area (Å²) in [6.45, 7) is 4.09. The average Bonchev–Trinajstić information content (AvgIpc) is 3.57. The van der Waals surface area contributed by atoms with Gasteiger partial charge in [-0.3, -0.25) is 0 Å². The van der Waals surface area contributed by atoms with Crippen molar-refractivity contribution in [2.24, 2.45) is 0 Å². The molecule has 0 N–H and O–H groups in total. The van der Waals surface area contributed by atoms with E-state index in [0.717, 1.165) is 22.3 Å². The fraction of sp³-hybridized carbons (Fsp3) is 0.214. The molecule has 2 heterocycles. The number of thiophene rings is 2. The van der Waals surface area contributed by atoms with Crippen LogP contribution in [0.2, 0.25) is 0 Å². The molecule has 6 heteroatoms. The van der Waals surface area contributed by atoms with Gasteiger partial charge in [0.2, 0.25) is 0 Å². The lowest BCUT2D eigenvalue weighted by Crippen LogP contribution is -2.46. The first-order valence-corrected chi connectivity index (χ1v) is 12.9. The zero-order chi connectivity index (χ0) is 23.7. The minimum atomic E-state index is -0.676. The smallest absolute Gasteiger partial charge is 0.348 e. The van der Waals surface area contributed by atoms with Crippen LogP contribution in [0.15, 0.2) is 83.6 Å². The Hall–Kier alpha value is -3.22. The van der Waals surface area contributed by atoms with E-state index in [1.54, 1.807) is 12.1 Å². The molecule has 0 spiro atoms. The number of benzene rings is 2. The number of carbonyl (C=O) groups is 2. The van der Waals surface area contributed by atoms with Crippen LogP contribution in [-0.2, 0) is 9.47 Å². The number of hydrogen-bond acceptors (Lipinski definition) is 6. The van der Waals surface area contributed by atoms with Crippen molar-refractivity contribution >= 4 is 34.6 Å². The summed E-state index contributed by atoms with van der Waals surface area (Å²) < 4.78 is 12.3. The number of hydrogen-bond donors (Lipinski definition) is 0. The number of fused-ring (bicyclic) bond motifs is 1. The maximum absolute atomic E-state index is 13.2. The quantitative estimate of drug-likeness (QED) is 0.289. The van der Waals surface area contributed by atoms with Gasteiger partial charge in [0, 0.05) is 5.92 Å². The van der Waals surface area contributed by atoms with Crippen LogP contribution < -0.4 is 0 Å². The van der Waals surface area contributed by atoms with E-state index in [4.69, 9.17) is 9.47 Å². The van der Waals surface area contributed by atoms with E-state index in [0.29, 0.717) is 9.75 Å². The summed E-state index contributed by atoms with van der Waals surface area (Å²) in [5, 5.41) is 3.70. The van der Waals surface area contributed by atoms with Crippen molar-refractivity contribution in [3.05, 3.63) is 116 Å². The van der Waals surface area contributed by atoms with Gasteiger partial charge in [-0.15, -0.1) is 22.7 Å². The molecular weight excluding hydrogens is 464 g/mol. The third kappa shape index (κ3) is 4.19. The summed E-state index contributed by atoms with van der Waals surface area (Å²) >= 11 is 2.68. The van der Waals surface area contributed by atoms with Crippen LogP contribution in [0.3, 0.4) is 0 Å². The zero-order valence-electron chi connectivity index (χ0n) is 18.8. The zero-order valence-corrected chi connectivity index (χ0v) is 20.5. The first-order chi connectivity index (χ1) is 16.5. The molecule has 1 aliphatic rings. The molecule has 0 radical (unpaired) electrons. The van der Waals surface area contributed by atoms with Gasteiger partial charge in [0.05, 0.1) is 5.92 Å². The number of esters is 2. The molecule has 172 valence electrons. The Bertz CT molecular complexity index is 1290. The average molecular weight is 489 g/mol. The van der Waals surface area contributed by atoms with E-state index in [-0.39, 0.29) is 11.8 Å². The SMILES string of the molecule is Cc1ccccc1C1c2ccccc2C(C)C(OC(=O)c2cccs2)C1OC(=O)c1cccs1. The summed E-state index contributed by atoms with van der Waals surface area (Å²) in [6, 6.07) is 23.4. The van der Waals surface area contributed by atoms with E-state index in [2.05, 4.69) is 31.2 Å². The lowest BCUT2D eigenvalue weighted by atomic mass is 9.70. The van der Waals surface area contributed by atoms with Crippen LogP contribution in [0.25, 0.3) is 0 Å². The van der Waals surface area contributed by atoms with E-state index >= 15 is 0 Å². The van der Waals surface area contributed by atoms with E-state index in [1.807, 2.05) is 54.1 Å². The number of aryl methyl sites for hydroxylation is 1. The molecule has 0 saturated heterocycles. The molecule has 0 fully saturated rings. The standard InChI is InChI=1S/C28H24O4S2/c1-17-9-3-4-10-19(17)24-21-12-6-5-11-20(21)18(2)25(31-27(29)22-13-7-15-33-22)26(24)32-28(30)23-14-8-16-34-23/h3-16,18,24-26H,1-2H3. The lowest BCUT2D eigenvalue weighted by Gasteiger charge is -2.42. The molecule has 4 atom stereocenters. The van der Waals surface area contributed by atoms with Gasteiger partial charge in [0.15, 0.2) is 6.10 Å².